The number of halogens is 1. The van der Waals surface area contributed by atoms with Crippen molar-refractivity contribution in [2.75, 3.05) is 32.2 Å². The smallest absolute Gasteiger partial charge is 0.266 e. The van der Waals surface area contributed by atoms with Gasteiger partial charge in [-0.15, -0.1) is 0 Å². The summed E-state index contributed by atoms with van der Waals surface area (Å²) in [6.45, 7) is 0.933. The minimum atomic E-state index is -1.32. The molecule has 0 bridgehead atoms. The summed E-state index contributed by atoms with van der Waals surface area (Å²) in [5.41, 5.74) is 9.41. The normalized spacial score (nSPS) is 17.5. The first kappa shape index (κ1) is 31.3. The third kappa shape index (κ3) is 7.30. The van der Waals surface area contributed by atoms with Gasteiger partial charge in [-0.3, -0.25) is 10.2 Å². The quantitative estimate of drug-likeness (QED) is 0.128. The van der Waals surface area contributed by atoms with Crippen molar-refractivity contribution in [1.82, 2.24) is 10.9 Å². The lowest BCUT2D eigenvalue weighted by atomic mass is 9.82. The maximum absolute atomic E-state index is 14.4. The van der Waals surface area contributed by atoms with Crippen LogP contribution >= 0.6 is 15.9 Å². The number of amides is 1. The number of aliphatic hydroxyl groups excluding tert-OH is 1. The molecule has 9 heteroatoms. The zero-order valence-corrected chi connectivity index (χ0v) is 26.5. The second-order valence-electron chi connectivity index (χ2n) is 10.8. The number of carbonyl (C=O) groups excluding carboxylic acids is 1. The van der Waals surface area contributed by atoms with Crippen LogP contribution in [0.5, 0.6) is 5.75 Å². The van der Waals surface area contributed by atoms with Crippen molar-refractivity contribution in [1.29, 1.82) is 0 Å². The van der Waals surface area contributed by atoms with E-state index in [0.717, 1.165) is 32.4 Å². The molecule has 4 aromatic carbocycles. The van der Waals surface area contributed by atoms with Gasteiger partial charge in [0.25, 0.3) is 5.91 Å². The van der Waals surface area contributed by atoms with Crippen LogP contribution in [0, 0.1) is 0 Å². The lowest BCUT2D eigenvalue weighted by Crippen LogP contribution is -2.53. The zero-order valence-electron chi connectivity index (χ0n) is 24.9. The molecule has 0 unspecified atom stereocenters. The Kier molecular flexibility index (Phi) is 10.3. The maximum atomic E-state index is 14.4. The first-order valence-corrected chi connectivity index (χ1v) is 15.4. The molecule has 2 atom stereocenters. The molecule has 8 nitrogen and oxygen atoms in total. The van der Waals surface area contributed by atoms with Gasteiger partial charge in [0, 0.05) is 61.4 Å². The van der Waals surface area contributed by atoms with Crippen molar-refractivity contribution >= 4 is 33.4 Å². The molecular formula is C35H37BrN4O4. The van der Waals surface area contributed by atoms with Crippen molar-refractivity contribution in [2.24, 2.45) is 4.99 Å². The van der Waals surface area contributed by atoms with Crippen LogP contribution < -0.4 is 20.5 Å². The Morgan fingerprint density at radius 1 is 0.955 bits per heavy atom. The van der Waals surface area contributed by atoms with Crippen molar-refractivity contribution in [2.45, 2.75) is 31.0 Å². The van der Waals surface area contributed by atoms with E-state index < -0.39 is 11.6 Å². The number of aliphatic imine (C=N–C) groups is 1. The number of nitrogens with zero attached hydrogens (tertiary/aromatic N) is 2. The molecule has 3 N–H and O–H groups in total. The SMILES string of the molecule is CN(C)c1ccc(CNNC(=O)[C@@]2(Cc3ccccc3)N=C(c3ccc(OCCCO)cc3)O[C@H]2c2ccccc2Br)cc1. The Labute approximate surface area is 266 Å². The molecule has 0 fully saturated rings. The molecule has 228 valence electrons. The van der Waals surface area contributed by atoms with Crippen LogP contribution in [0.2, 0.25) is 0 Å². The molecule has 1 aliphatic rings. The third-order valence-corrected chi connectivity index (χ3v) is 8.20. The fraction of sp³-hybridized carbons (Fsp3) is 0.257. The lowest BCUT2D eigenvalue weighted by Gasteiger charge is -2.31. The lowest BCUT2D eigenvalue weighted by molar-refractivity contribution is -0.130. The minimum absolute atomic E-state index is 0.0717. The fourth-order valence-corrected chi connectivity index (χ4v) is 5.59. The van der Waals surface area contributed by atoms with Gasteiger partial charge < -0.3 is 19.5 Å². The van der Waals surface area contributed by atoms with E-state index in [1.54, 1.807) is 0 Å². The number of ether oxygens (including phenoxy) is 2. The minimum Gasteiger partial charge on any atom is -0.494 e. The van der Waals surface area contributed by atoms with Crippen LogP contribution in [-0.2, 0) is 22.5 Å². The molecule has 5 rings (SSSR count). The van der Waals surface area contributed by atoms with E-state index in [1.807, 2.05) is 122 Å². The summed E-state index contributed by atoms with van der Waals surface area (Å²) < 4.78 is 13.1. The number of benzene rings is 4. The largest absolute Gasteiger partial charge is 0.494 e. The number of hydrogen-bond acceptors (Lipinski definition) is 7. The van der Waals surface area contributed by atoms with Gasteiger partial charge in [-0.25, -0.2) is 10.4 Å². The number of hydrazine groups is 1. The van der Waals surface area contributed by atoms with Crippen molar-refractivity contribution < 1.29 is 19.4 Å². The van der Waals surface area contributed by atoms with Crippen LogP contribution in [0.25, 0.3) is 0 Å². The van der Waals surface area contributed by atoms with Crippen LogP contribution in [0.1, 0.15) is 34.8 Å². The average Bonchev–Trinajstić information content (AvgIpc) is 3.42. The standard InChI is InChI=1S/C35H37BrN4O4/c1-40(2)28-17-13-26(14-18-28)24-37-39-34(42)35(23-25-9-4-3-5-10-25)32(30-11-6-7-12-31(30)36)44-33(38-35)27-15-19-29(20-16-27)43-22-8-21-41/h3-7,9-20,32,37,41H,8,21-24H2,1-2H3,(H,39,42)/t32-,35-/m0/s1. The predicted molar refractivity (Wildman–Crippen MR) is 177 cm³/mol. The predicted octanol–water partition coefficient (Wildman–Crippen LogP) is 5.60. The summed E-state index contributed by atoms with van der Waals surface area (Å²) in [5, 5.41) is 9.06. The number of aliphatic hydroxyl groups is 1. The second-order valence-corrected chi connectivity index (χ2v) is 11.7. The number of hydrogen-bond donors (Lipinski definition) is 3. The zero-order chi connectivity index (χ0) is 30.9. The maximum Gasteiger partial charge on any atom is 0.266 e. The second kappa shape index (κ2) is 14.5. The summed E-state index contributed by atoms with van der Waals surface area (Å²) in [5.74, 6) is 0.753. The van der Waals surface area contributed by atoms with Crippen LogP contribution in [0.4, 0.5) is 5.69 Å². The van der Waals surface area contributed by atoms with Gasteiger partial charge in [0.2, 0.25) is 5.90 Å². The molecule has 0 aliphatic carbocycles. The highest BCUT2D eigenvalue weighted by Crippen LogP contribution is 2.44. The van der Waals surface area contributed by atoms with Gasteiger partial charge in [0.15, 0.2) is 11.6 Å². The van der Waals surface area contributed by atoms with E-state index in [0.29, 0.717) is 37.6 Å². The topological polar surface area (TPSA) is 95.4 Å². The van der Waals surface area contributed by atoms with Crippen LogP contribution in [0.15, 0.2) is 113 Å². The Balaban J connectivity index is 1.48. The van der Waals surface area contributed by atoms with Crippen molar-refractivity contribution in [3.8, 4) is 5.75 Å². The third-order valence-electron chi connectivity index (χ3n) is 7.48. The van der Waals surface area contributed by atoms with Gasteiger partial charge >= 0.3 is 0 Å². The van der Waals surface area contributed by atoms with Gasteiger partial charge in [-0.05, 0) is 53.6 Å². The highest BCUT2D eigenvalue weighted by Gasteiger charge is 2.53. The molecule has 0 radical (unpaired) electrons. The summed E-state index contributed by atoms with van der Waals surface area (Å²) in [4.78, 5) is 21.5. The van der Waals surface area contributed by atoms with Crippen molar-refractivity contribution in [3.63, 3.8) is 0 Å². The van der Waals surface area contributed by atoms with E-state index in [4.69, 9.17) is 19.6 Å². The molecule has 1 heterocycles. The molecule has 1 aliphatic heterocycles. The molecule has 0 saturated heterocycles. The number of rotatable bonds is 13. The summed E-state index contributed by atoms with van der Waals surface area (Å²) in [6, 6.07) is 33.2. The monoisotopic (exact) mass is 656 g/mol. The molecule has 44 heavy (non-hydrogen) atoms. The van der Waals surface area contributed by atoms with Crippen LogP contribution in [0.3, 0.4) is 0 Å². The van der Waals surface area contributed by atoms with E-state index >= 15 is 0 Å². The summed E-state index contributed by atoms with van der Waals surface area (Å²) in [6.07, 6.45) is 0.157. The average molecular weight is 658 g/mol. The number of anilines is 1. The van der Waals surface area contributed by atoms with Gasteiger partial charge in [-0.2, -0.15) is 0 Å². The van der Waals surface area contributed by atoms with E-state index in [9.17, 15) is 4.79 Å². The van der Waals surface area contributed by atoms with Gasteiger partial charge in [0.05, 0.1) is 6.61 Å². The first-order valence-electron chi connectivity index (χ1n) is 14.6. The molecule has 1 amide bonds. The highest BCUT2D eigenvalue weighted by molar-refractivity contribution is 9.10. The Hall–Kier alpha value is -4.18. The van der Waals surface area contributed by atoms with E-state index in [-0.39, 0.29) is 12.5 Å². The van der Waals surface area contributed by atoms with E-state index in [2.05, 4.69) is 26.8 Å². The first-order chi connectivity index (χ1) is 21.4. The molecule has 0 spiro atoms. The molecular weight excluding hydrogens is 620 g/mol. The van der Waals surface area contributed by atoms with Gasteiger partial charge in [0.1, 0.15) is 5.75 Å². The number of carbonyl (C=O) groups is 1. The Morgan fingerprint density at radius 2 is 1.66 bits per heavy atom. The molecule has 0 saturated carbocycles. The van der Waals surface area contributed by atoms with Crippen molar-refractivity contribution in [3.05, 3.63) is 130 Å². The molecule has 4 aromatic rings. The number of nitrogens with one attached hydrogen (secondary N) is 2. The summed E-state index contributed by atoms with van der Waals surface area (Å²) >= 11 is 3.69. The Bertz CT molecular complexity index is 1560. The Morgan fingerprint density at radius 3 is 2.34 bits per heavy atom. The van der Waals surface area contributed by atoms with Crippen LogP contribution in [-0.4, -0.2) is 49.8 Å². The fourth-order valence-electron chi connectivity index (χ4n) is 5.10. The molecule has 0 aromatic heterocycles. The summed E-state index contributed by atoms with van der Waals surface area (Å²) in [7, 11) is 4.00. The highest BCUT2D eigenvalue weighted by atomic mass is 79.9. The van der Waals surface area contributed by atoms with Gasteiger partial charge in [-0.1, -0.05) is 76.6 Å². The van der Waals surface area contributed by atoms with E-state index in [1.165, 1.54) is 0 Å².